The molecule has 0 saturated heterocycles. The molecular formula is C30H50O3. The number of carbonyl (C=O) groups excluding carboxylic acids is 1. The van der Waals surface area contributed by atoms with E-state index in [1.807, 2.05) is 0 Å². The summed E-state index contributed by atoms with van der Waals surface area (Å²) in [5, 5.41) is 22.1. The number of Topliss-reactive ketones (excluding diaryl/α,β-unsaturated/α-hetero) is 1. The molecule has 0 aliphatic heterocycles. The van der Waals surface area contributed by atoms with Crippen LogP contribution in [-0.4, -0.2) is 28.7 Å². The molecule has 0 aromatic carbocycles. The zero-order valence-electron chi connectivity index (χ0n) is 22.4. The highest BCUT2D eigenvalue weighted by Crippen LogP contribution is 2.77. The zero-order chi connectivity index (χ0) is 24.2. The van der Waals surface area contributed by atoms with E-state index in [4.69, 9.17) is 0 Å². The van der Waals surface area contributed by atoms with E-state index in [-0.39, 0.29) is 39.8 Å². The van der Waals surface area contributed by atoms with Crippen molar-refractivity contribution in [2.24, 2.45) is 62.6 Å². The van der Waals surface area contributed by atoms with Gasteiger partial charge >= 0.3 is 0 Å². The van der Waals surface area contributed by atoms with Gasteiger partial charge in [-0.2, -0.15) is 0 Å². The summed E-state index contributed by atoms with van der Waals surface area (Å²) in [6.45, 7) is 16.9. The monoisotopic (exact) mass is 458 g/mol. The Hall–Kier alpha value is -0.410. The van der Waals surface area contributed by atoms with Crippen molar-refractivity contribution in [3.63, 3.8) is 0 Å². The topological polar surface area (TPSA) is 57.5 Å². The van der Waals surface area contributed by atoms with Crippen molar-refractivity contribution in [2.75, 3.05) is 6.61 Å². The fourth-order valence-corrected chi connectivity index (χ4v) is 11.7. The molecule has 5 saturated carbocycles. The molecule has 33 heavy (non-hydrogen) atoms. The van der Waals surface area contributed by atoms with Crippen LogP contribution in [0.15, 0.2) is 0 Å². The smallest absolute Gasteiger partial charge is 0.138 e. The fraction of sp³-hybridized carbons (Fsp3) is 0.967. The van der Waals surface area contributed by atoms with Gasteiger partial charge in [-0.25, -0.2) is 0 Å². The number of rotatable bonds is 2. The summed E-state index contributed by atoms with van der Waals surface area (Å²) in [4.78, 5) is 12.9. The maximum absolute atomic E-state index is 12.9. The molecule has 3 heteroatoms. The molecule has 5 fully saturated rings. The van der Waals surface area contributed by atoms with Gasteiger partial charge in [-0.3, -0.25) is 4.79 Å². The highest BCUT2D eigenvalue weighted by Gasteiger charge is 2.72. The molecule has 0 spiro atoms. The van der Waals surface area contributed by atoms with Gasteiger partial charge in [0.15, 0.2) is 0 Å². The molecule has 3 nitrogen and oxygen atoms in total. The second-order valence-electron chi connectivity index (χ2n) is 14.9. The van der Waals surface area contributed by atoms with E-state index < -0.39 is 0 Å². The highest BCUT2D eigenvalue weighted by atomic mass is 16.3. The van der Waals surface area contributed by atoms with Crippen molar-refractivity contribution < 1.29 is 15.0 Å². The molecule has 5 aliphatic carbocycles. The quantitative estimate of drug-likeness (QED) is 0.514. The van der Waals surface area contributed by atoms with Crippen LogP contribution >= 0.6 is 0 Å². The number of aliphatic hydroxyl groups is 2. The summed E-state index contributed by atoms with van der Waals surface area (Å²) in [7, 11) is 0. The van der Waals surface area contributed by atoms with E-state index in [1.54, 1.807) is 0 Å². The first-order valence-electron chi connectivity index (χ1n) is 14.1. The van der Waals surface area contributed by atoms with Gasteiger partial charge in [0, 0.05) is 23.9 Å². The Bertz CT molecular complexity index is 819. The van der Waals surface area contributed by atoms with Gasteiger partial charge in [-0.05, 0) is 103 Å². The van der Waals surface area contributed by atoms with Gasteiger partial charge in [0.25, 0.3) is 0 Å². The number of hydrogen-bond donors (Lipinski definition) is 2. The standard InChI is InChI=1S/C30H50O3/c1-18(17-31)19-10-13-27(4)16-24(33)30(7)20(25(19)27)8-9-22-28(5)14-12-23(32)26(2,3)21(28)11-15-29(22,30)6/h18-22,24-25,31,33H,8-17H2,1-7H3. The van der Waals surface area contributed by atoms with Crippen LogP contribution in [0, 0.1) is 62.6 Å². The first kappa shape index (κ1) is 24.3. The van der Waals surface area contributed by atoms with Crippen LogP contribution in [0.2, 0.25) is 0 Å². The Morgan fingerprint density at radius 3 is 2.30 bits per heavy atom. The van der Waals surface area contributed by atoms with E-state index in [0.717, 1.165) is 32.1 Å². The molecule has 11 atom stereocenters. The van der Waals surface area contributed by atoms with Crippen molar-refractivity contribution in [1.82, 2.24) is 0 Å². The van der Waals surface area contributed by atoms with Gasteiger partial charge in [-0.15, -0.1) is 0 Å². The first-order valence-corrected chi connectivity index (χ1v) is 14.1. The molecule has 5 aliphatic rings. The lowest BCUT2D eigenvalue weighted by atomic mass is 9.32. The van der Waals surface area contributed by atoms with E-state index in [1.165, 1.54) is 25.7 Å². The van der Waals surface area contributed by atoms with Crippen molar-refractivity contribution in [3.8, 4) is 0 Å². The predicted molar refractivity (Wildman–Crippen MR) is 132 cm³/mol. The maximum Gasteiger partial charge on any atom is 0.138 e. The molecule has 0 radical (unpaired) electrons. The van der Waals surface area contributed by atoms with Crippen LogP contribution in [0.25, 0.3) is 0 Å². The lowest BCUT2D eigenvalue weighted by Gasteiger charge is -2.73. The maximum atomic E-state index is 12.9. The van der Waals surface area contributed by atoms with Crippen LogP contribution in [0.1, 0.15) is 106 Å². The van der Waals surface area contributed by atoms with Crippen LogP contribution in [0.5, 0.6) is 0 Å². The fourth-order valence-electron chi connectivity index (χ4n) is 11.7. The number of fused-ring (bicyclic) bond motifs is 7. The summed E-state index contributed by atoms with van der Waals surface area (Å²) in [6.07, 6.45) is 9.55. The Labute approximate surface area is 202 Å². The van der Waals surface area contributed by atoms with Crippen LogP contribution in [-0.2, 0) is 4.79 Å². The lowest BCUT2D eigenvalue weighted by Crippen LogP contribution is -2.69. The SMILES string of the molecule is CC(CO)C1CCC2(C)CC(O)C3(C)C(CCC4C5(C)CCC(=O)C(C)(C)C5CCC43C)C12. The summed E-state index contributed by atoms with van der Waals surface area (Å²) in [5.41, 5.74) is 0.196. The minimum absolute atomic E-state index is 0.0859. The van der Waals surface area contributed by atoms with Gasteiger partial charge < -0.3 is 10.2 Å². The molecule has 0 amide bonds. The normalized spacial score (nSPS) is 56.3. The second kappa shape index (κ2) is 7.31. The average molecular weight is 459 g/mol. The van der Waals surface area contributed by atoms with E-state index in [9.17, 15) is 15.0 Å². The van der Waals surface area contributed by atoms with Crippen molar-refractivity contribution in [1.29, 1.82) is 0 Å². The van der Waals surface area contributed by atoms with Crippen LogP contribution in [0.3, 0.4) is 0 Å². The largest absolute Gasteiger partial charge is 0.396 e. The van der Waals surface area contributed by atoms with Crippen LogP contribution in [0.4, 0.5) is 0 Å². The number of aliphatic hydroxyl groups excluding tert-OH is 2. The number of carbonyl (C=O) groups is 1. The average Bonchev–Trinajstić information content (AvgIpc) is 3.08. The Morgan fingerprint density at radius 2 is 1.64 bits per heavy atom. The first-order chi connectivity index (χ1) is 15.3. The third-order valence-electron chi connectivity index (χ3n) is 13.7. The summed E-state index contributed by atoms with van der Waals surface area (Å²) in [6, 6.07) is 0. The molecular weight excluding hydrogens is 408 g/mol. The Morgan fingerprint density at radius 1 is 0.939 bits per heavy atom. The molecule has 2 N–H and O–H groups in total. The van der Waals surface area contributed by atoms with E-state index in [2.05, 4.69) is 48.5 Å². The minimum Gasteiger partial charge on any atom is -0.396 e. The van der Waals surface area contributed by atoms with Crippen molar-refractivity contribution in [2.45, 2.75) is 112 Å². The second-order valence-corrected chi connectivity index (χ2v) is 14.9. The molecule has 5 rings (SSSR count). The third kappa shape index (κ3) is 2.85. The molecule has 0 bridgehead atoms. The predicted octanol–water partition coefficient (Wildman–Crippen LogP) is 6.26. The Balaban J connectivity index is 1.57. The van der Waals surface area contributed by atoms with Crippen molar-refractivity contribution in [3.05, 3.63) is 0 Å². The lowest BCUT2D eigenvalue weighted by molar-refractivity contribution is -0.268. The number of ketones is 1. The van der Waals surface area contributed by atoms with Crippen molar-refractivity contribution >= 4 is 5.78 Å². The number of hydrogen-bond acceptors (Lipinski definition) is 3. The third-order valence-corrected chi connectivity index (χ3v) is 13.7. The highest BCUT2D eigenvalue weighted by molar-refractivity contribution is 5.85. The van der Waals surface area contributed by atoms with Gasteiger partial charge in [0.2, 0.25) is 0 Å². The Kier molecular flexibility index (Phi) is 5.38. The molecule has 0 heterocycles. The summed E-state index contributed by atoms with van der Waals surface area (Å²) < 4.78 is 0. The summed E-state index contributed by atoms with van der Waals surface area (Å²) in [5.74, 6) is 3.58. The van der Waals surface area contributed by atoms with Gasteiger partial charge in [-0.1, -0.05) is 48.5 Å². The summed E-state index contributed by atoms with van der Waals surface area (Å²) >= 11 is 0. The zero-order valence-corrected chi connectivity index (χ0v) is 22.4. The minimum atomic E-state index is -0.252. The van der Waals surface area contributed by atoms with Gasteiger partial charge in [0.05, 0.1) is 6.10 Å². The molecule has 0 aromatic rings. The van der Waals surface area contributed by atoms with Crippen LogP contribution < -0.4 is 0 Å². The molecule has 11 unspecified atom stereocenters. The molecule has 0 aromatic heterocycles. The van der Waals surface area contributed by atoms with E-state index >= 15 is 0 Å². The van der Waals surface area contributed by atoms with E-state index in [0.29, 0.717) is 41.3 Å². The van der Waals surface area contributed by atoms with Gasteiger partial charge in [0.1, 0.15) is 5.78 Å². The molecule has 188 valence electrons.